The number of aryl methyl sites for hydroxylation is 1. The third kappa shape index (κ3) is 3.76. The van der Waals surface area contributed by atoms with Crippen LogP contribution in [0.15, 0.2) is 12.1 Å². The lowest BCUT2D eigenvalue weighted by Gasteiger charge is -2.35. The summed E-state index contributed by atoms with van der Waals surface area (Å²) in [6.07, 6.45) is 3.78. The number of nitrogens with zero attached hydrogens (tertiary/aromatic N) is 1. The van der Waals surface area contributed by atoms with Gasteiger partial charge in [-0.15, -0.1) is 0 Å². The molecule has 0 saturated carbocycles. The summed E-state index contributed by atoms with van der Waals surface area (Å²) in [4.78, 5) is 2.45. The van der Waals surface area contributed by atoms with Gasteiger partial charge in [0.25, 0.3) is 0 Å². The van der Waals surface area contributed by atoms with Gasteiger partial charge >= 0.3 is 0 Å². The zero-order chi connectivity index (χ0) is 15.4. The highest BCUT2D eigenvalue weighted by Crippen LogP contribution is 2.32. The van der Waals surface area contributed by atoms with E-state index in [2.05, 4.69) is 31.0 Å². The van der Waals surface area contributed by atoms with E-state index >= 15 is 0 Å². The number of nitrogens with one attached hydrogen (secondary N) is 1. The van der Waals surface area contributed by atoms with Crippen molar-refractivity contribution in [3.8, 4) is 0 Å². The van der Waals surface area contributed by atoms with Crippen molar-refractivity contribution in [3.63, 3.8) is 0 Å². The normalized spacial score (nSPS) is 18.0. The summed E-state index contributed by atoms with van der Waals surface area (Å²) in [5.41, 5.74) is 3.06. The number of hydrogen-bond acceptors (Lipinski definition) is 2. The SMILES string of the molecule is CCNC(C)c1cc(F)c(C)cc1N1CCC(CC)CC1. The van der Waals surface area contributed by atoms with Gasteiger partial charge in [-0.25, -0.2) is 4.39 Å². The minimum Gasteiger partial charge on any atom is -0.371 e. The summed E-state index contributed by atoms with van der Waals surface area (Å²) in [5.74, 6) is 0.763. The van der Waals surface area contributed by atoms with Crippen LogP contribution >= 0.6 is 0 Å². The number of piperidine rings is 1. The maximum absolute atomic E-state index is 14.0. The molecule has 1 aliphatic rings. The highest BCUT2D eigenvalue weighted by atomic mass is 19.1. The van der Waals surface area contributed by atoms with Crippen LogP contribution in [0.25, 0.3) is 0 Å². The summed E-state index contributed by atoms with van der Waals surface area (Å²) in [5, 5.41) is 3.41. The number of halogens is 1. The molecule has 1 aromatic rings. The predicted octanol–water partition coefficient (Wildman–Crippen LogP) is 4.43. The molecule has 118 valence electrons. The van der Waals surface area contributed by atoms with Crippen molar-refractivity contribution in [2.24, 2.45) is 5.92 Å². The van der Waals surface area contributed by atoms with Crippen LogP contribution in [-0.4, -0.2) is 19.6 Å². The molecule has 1 heterocycles. The fourth-order valence-corrected chi connectivity index (χ4v) is 3.30. The van der Waals surface area contributed by atoms with E-state index < -0.39 is 0 Å². The Bertz CT molecular complexity index is 465. The van der Waals surface area contributed by atoms with Crippen LogP contribution in [0.5, 0.6) is 0 Å². The maximum Gasteiger partial charge on any atom is 0.126 e. The fraction of sp³-hybridized carbons (Fsp3) is 0.667. The minimum atomic E-state index is -0.0954. The van der Waals surface area contributed by atoms with Crippen LogP contribution in [0, 0.1) is 18.7 Å². The molecule has 0 amide bonds. The van der Waals surface area contributed by atoms with Gasteiger partial charge in [-0.3, -0.25) is 0 Å². The van der Waals surface area contributed by atoms with E-state index in [9.17, 15) is 4.39 Å². The molecule has 2 nitrogen and oxygen atoms in total. The predicted molar refractivity (Wildman–Crippen MR) is 88.5 cm³/mol. The van der Waals surface area contributed by atoms with Crippen molar-refractivity contribution in [1.82, 2.24) is 5.32 Å². The van der Waals surface area contributed by atoms with E-state index in [0.717, 1.165) is 36.7 Å². The zero-order valence-electron chi connectivity index (χ0n) is 13.9. The minimum absolute atomic E-state index is 0.0954. The maximum atomic E-state index is 14.0. The van der Waals surface area contributed by atoms with Gasteiger partial charge in [0.05, 0.1) is 0 Å². The third-order valence-corrected chi connectivity index (χ3v) is 4.82. The Balaban J connectivity index is 2.26. The second-order valence-electron chi connectivity index (χ2n) is 6.28. The average Bonchev–Trinajstić information content (AvgIpc) is 2.50. The highest BCUT2D eigenvalue weighted by molar-refractivity contribution is 5.57. The molecule has 0 bridgehead atoms. The van der Waals surface area contributed by atoms with Crippen LogP contribution in [-0.2, 0) is 0 Å². The van der Waals surface area contributed by atoms with Gasteiger partial charge in [0, 0.05) is 24.8 Å². The molecular weight excluding hydrogens is 263 g/mol. The Labute approximate surface area is 128 Å². The second kappa shape index (κ2) is 7.26. The molecule has 1 fully saturated rings. The lowest BCUT2D eigenvalue weighted by atomic mass is 9.93. The Morgan fingerprint density at radius 1 is 1.29 bits per heavy atom. The third-order valence-electron chi connectivity index (χ3n) is 4.82. The lowest BCUT2D eigenvalue weighted by Crippen LogP contribution is -2.35. The van der Waals surface area contributed by atoms with Crippen LogP contribution in [0.4, 0.5) is 10.1 Å². The van der Waals surface area contributed by atoms with E-state index in [1.165, 1.54) is 24.9 Å². The standard InChI is InChI=1S/C18H29FN2/c1-5-15-7-9-21(10-8-15)18-11-13(3)17(19)12-16(18)14(4)20-6-2/h11-12,14-15,20H,5-10H2,1-4H3. The van der Waals surface area contributed by atoms with E-state index in [1.54, 1.807) is 6.07 Å². The van der Waals surface area contributed by atoms with Gasteiger partial charge < -0.3 is 10.2 Å². The Morgan fingerprint density at radius 3 is 2.52 bits per heavy atom. The molecule has 1 aliphatic heterocycles. The first-order valence-corrected chi connectivity index (χ1v) is 8.35. The van der Waals surface area contributed by atoms with E-state index in [-0.39, 0.29) is 11.9 Å². The van der Waals surface area contributed by atoms with Gasteiger partial charge in [0.2, 0.25) is 0 Å². The van der Waals surface area contributed by atoms with Crippen molar-refractivity contribution in [3.05, 3.63) is 29.1 Å². The molecule has 0 radical (unpaired) electrons. The lowest BCUT2D eigenvalue weighted by molar-refractivity contribution is 0.394. The van der Waals surface area contributed by atoms with E-state index in [4.69, 9.17) is 0 Å². The topological polar surface area (TPSA) is 15.3 Å². The molecular formula is C18H29FN2. The Hall–Kier alpha value is -1.09. The summed E-state index contributed by atoms with van der Waals surface area (Å²) in [6.45, 7) is 11.4. The summed E-state index contributed by atoms with van der Waals surface area (Å²) < 4.78 is 14.0. The van der Waals surface area contributed by atoms with Crippen LogP contribution < -0.4 is 10.2 Å². The second-order valence-corrected chi connectivity index (χ2v) is 6.28. The monoisotopic (exact) mass is 292 g/mol. The summed E-state index contributed by atoms with van der Waals surface area (Å²) in [7, 11) is 0. The first-order valence-electron chi connectivity index (χ1n) is 8.35. The van der Waals surface area contributed by atoms with Crippen LogP contribution in [0.3, 0.4) is 0 Å². The van der Waals surface area contributed by atoms with E-state index in [0.29, 0.717) is 0 Å². The molecule has 1 unspecified atom stereocenters. The quantitative estimate of drug-likeness (QED) is 0.863. The summed E-state index contributed by atoms with van der Waals surface area (Å²) >= 11 is 0. The smallest absolute Gasteiger partial charge is 0.126 e. The van der Waals surface area contributed by atoms with Crippen molar-refractivity contribution in [2.45, 2.75) is 53.0 Å². The molecule has 0 spiro atoms. The molecule has 1 N–H and O–H groups in total. The van der Waals surface area contributed by atoms with Gasteiger partial charge in [0.1, 0.15) is 5.82 Å². The number of benzene rings is 1. The van der Waals surface area contributed by atoms with Crippen molar-refractivity contribution in [1.29, 1.82) is 0 Å². The molecule has 3 heteroatoms. The van der Waals surface area contributed by atoms with E-state index in [1.807, 2.05) is 13.0 Å². The number of anilines is 1. The Morgan fingerprint density at radius 2 is 1.95 bits per heavy atom. The van der Waals surface area contributed by atoms with Gasteiger partial charge in [-0.05, 0) is 62.4 Å². The number of rotatable bonds is 5. The molecule has 1 saturated heterocycles. The van der Waals surface area contributed by atoms with Crippen molar-refractivity contribution in [2.75, 3.05) is 24.5 Å². The molecule has 0 aromatic heterocycles. The fourth-order valence-electron chi connectivity index (χ4n) is 3.30. The van der Waals surface area contributed by atoms with Gasteiger partial charge in [0.15, 0.2) is 0 Å². The van der Waals surface area contributed by atoms with Gasteiger partial charge in [-0.2, -0.15) is 0 Å². The first kappa shape index (κ1) is 16.3. The average molecular weight is 292 g/mol. The van der Waals surface area contributed by atoms with Crippen molar-refractivity contribution < 1.29 is 4.39 Å². The van der Waals surface area contributed by atoms with Crippen molar-refractivity contribution >= 4 is 5.69 Å². The number of hydrogen-bond donors (Lipinski definition) is 1. The molecule has 2 rings (SSSR count). The highest BCUT2D eigenvalue weighted by Gasteiger charge is 2.22. The zero-order valence-corrected chi connectivity index (χ0v) is 13.9. The molecule has 1 aromatic carbocycles. The van der Waals surface area contributed by atoms with Gasteiger partial charge in [-0.1, -0.05) is 20.3 Å². The van der Waals surface area contributed by atoms with Crippen LogP contribution in [0.2, 0.25) is 0 Å². The first-order chi connectivity index (χ1) is 10.1. The molecule has 1 atom stereocenters. The largest absolute Gasteiger partial charge is 0.371 e. The Kier molecular flexibility index (Phi) is 5.63. The summed E-state index contributed by atoms with van der Waals surface area (Å²) in [6, 6.07) is 3.94. The molecule has 21 heavy (non-hydrogen) atoms. The molecule has 0 aliphatic carbocycles. The van der Waals surface area contributed by atoms with Crippen LogP contribution in [0.1, 0.15) is 57.2 Å².